The van der Waals surface area contributed by atoms with Gasteiger partial charge in [0.15, 0.2) is 0 Å². The molecule has 1 aromatic carbocycles. The zero-order chi connectivity index (χ0) is 19.8. The van der Waals surface area contributed by atoms with Gasteiger partial charge >= 0.3 is 6.09 Å². The van der Waals surface area contributed by atoms with Crippen molar-refractivity contribution in [3.63, 3.8) is 0 Å². The maximum Gasteiger partial charge on any atom is 0.409 e. The number of nitrogens with zero attached hydrogens (tertiary/aromatic N) is 2. The van der Waals surface area contributed by atoms with Gasteiger partial charge < -0.3 is 15.0 Å². The number of likely N-dealkylation sites (tertiary alicyclic amines) is 1. The molecule has 28 heavy (non-hydrogen) atoms. The third-order valence-electron chi connectivity index (χ3n) is 4.45. The summed E-state index contributed by atoms with van der Waals surface area (Å²) in [4.78, 5) is 30.3. The molecule has 1 saturated heterocycles. The van der Waals surface area contributed by atoms with E-state index in [1.165, 1.54) is 0 Å². The molecule has 1 fully saturated rings. The van der Waals surface area contributed by atoms with Crippen molar-refractivity contribution in [3.8, 4) is 11.8 Å². The van der Waals surface area contributed by atoms with Crippen LogP contribution >= 0.6 is 0 Å². The number of rotatable bonds is 3. The first-order valence-electron chi connectivity index (χ1n) is 9.41. The van der Waals surface area contributed by atoms with Crippen LogP contribution in [0.1, 0.15) is 31.0 Å². The Bertz CT molecular complexity index is 887. The molecule has 2 aromatic rings. The molecule has 2 amide bonds. The van der Waals surface area contributed by atoms with Gasteiger partial charge in [0.05, 0.1) is 12.5 Å². The number of benzene rings is 1. The molecular weight excluding hydrogens is 354 g/mol. The molecule has 1 aliphatic heterocycles. The Hall–Kier alpha value is -3.33. The van der Waals surface area contributed by atoms with Crippen molar-refractivity contribution in [2.24, 2.45) is 5.92 Å². The maximum atomic E-state index is 12.6. The van der Waals surface area contributed by atoms with Gasteiger partial charge in [-0.05, 0) is 56.0 Å². The summed E-state index contributed by atoms with van der Waals surface area (Å²) in [5.41, 5.74) is 2.17. The highest BCUT2D eigenvalue weighted by Gasteiger charge is 2.29. The van der Waals surface area contributed by atoms with Crippen LogP contribution in [0.2, 0.25) is 0 Å². The lowest BCUT2D eigenvalue weighted by molar-refractivity contribution is -0.121. The molecule has 0 saturated carbocycles. The van der Waals surface area contributed by atoms with Gasteiger partial charge in [-0.15, -0.1) is 0 Å². The van der Waals surface area contributed by atoms with Gasteiger partial charge in [0.25, 0.3) is 0 Å². The minimum atomic E-state index is -0.355. The smallest absolute Gasteiger partial charge is 0.409 e. The summed E-state index contributed by atoms with van der Waals surface area (Å²) in [6, 6.07) is 13.0. The fourth-order valence-corrected chi connectivity index (χ4v) is 3.06. The first kappa shape index (κ1) is 19.4. The van der Waals surface area contributed by atoms with Crippen LogP contribution in [0.4, 0.5) is 10.5 Å². The third-order valence-corrected chi connectivity index (χ3v) is 4.45. The summed E-state index contributed by atoms with van der Waals surface area (Å²) in [6.07, 6.45) is 2.88. The second kappa shape index (κ2) is 9.56. The summed E-state index contributed by atoms with van der Waals surface area (Å²) in [5.74, 6) is 5.72. The van der Waals surface area contributed by atoms with E-state index in [0.29, 0.717) is 31.1 Å². The van der Waals surface area contributed by atoms with Crippen LogP contribution in [0.25, 0.3) is 0 Å². The van der Waals surface area contributed by atoms with E-state index in [9.17, 15) is 9.59 Å². The van der Waals surface area contributed by atoms with E-state index >= 15 is 0 Å². The number of nitrogens with one attached hydrogen (secondary N) is 1. The van der Waals surface area contributed by atoms with Crippen LogP contribution in [0.15, 0.2) is 48.7 Å². The lowest BCUT2D eigenvalue weighted by Crippen LogP contribution is -2.44. The van der Waals surface area contributed by atoms with E-state index in [-0.39, 0.29) is 17.9 Å². The zero-order valence-electron chi connectivity index (χ0n) is 15.9. The topological polar surface area (TPSA) is 71.5 Å². The van der Waals surface area contributed by atoms with E-state index < -0.39 is 0 Å². The van der Waals surface area contributed by atoms with Gasteiger partial charge in [0, 0.05) is 30.5 Å². The summed E-state index contributed by atoms with van der Waals surface area (Å²) >= 11 is 0. The van der Waals surface area contributed by atoms with Crippen LogP contribution in [-0.4, -0.2) is 41.6 Å². The lowest BCUT2D eigenvalue weighted by atomic mass is 9.97. The quantitative estimate of drug-likeness (QED) is 0.833. The average molecular weight is 377 g/mol. The Morgan fingerprint density at radius 1 is 1.25 bits per heavy atom. The Balaban J connectivity index is 1.63. The van der Waals surface area contributed by atoms with Crippen LogP contribution in [0, 0.1) is 17.8 Å². The van der Waals surface area contributed by atoms with Crippen LogP contribution in [0.5, 0.6) is 0 Å². The lowest BCUT2D eigenvalue weighted by Gasteiger charge is -2.31. The van der Waals surface area contributed by atoms with Crippen molar-refractivity contribution in [1.29, 1.82) is 0 Å². The monoisotopic (exact) mass is 377 g/mol. The SMILES string of the molecule is CCOC(=O)N1CCCC(C(=O)Nc2cccc(C#Cc3ccccn3)c2)C1. The van der Waals surface area contributed by atoms with E-state index in [1.54, 1.807) is 18.0 Å². The molecule has 6 heteroatoms. The molecule has 1 aliphatic rings. The number of anilines is 1. The number of amides is 2. The number of carbonyl (C=O) groups excluding carboxylic acids is 2. The fraction of sp³-hybridized carbons (Fsp3) is 0.318. The molecule has 0 aliphatic carbocycles. The molecule has 1 atom stereocenters. The molecule has 2 heterocycles. The van der Waals surface area contributed by atoms with Gasteiger partial charge in [-0.2, -0.15) is 0 Å². The van der Waals surface area contributed by atoms with Gasteiger partial charge in [-0.1, -0.05) is 18.1 Å². The number of piperidine rings is 1. The standard InChI is InChI=1S/C22H23N3O3/c1-2-28-22(27)25-14-6-8-18(16-25)21(26)24-20-10-5-7-17(15-20)11-12-19-9-3-4-13-23-19/h3-5,7,9-10,13,15,18H,2,6,8,14,16H2,1H3,(H,24,26). The van der Waals surface area contributed by atoms with Crippen molar-refractivity contribution < 1.29 is 14.3 Å². The molecule has 1 aromatic heterocycles. The van der Waals surface area contributed by atoms with E-state index in [4.69, 9.17) is 4.74 Å². The van der Waals surface area contributed by atoms with Gasteiger partial charge in [-0.25, -0.2) is 9.78 Å². The number of ether oxygens (including phenoxy) is 1. The largest absolute Gasteiger partial charge is 0.450 e. The molecule has 144 valence electrons. The fourth-order valence-electron chi connectivity index (χ4n) is 3.06. The normalized spacial score (nSPS) is 15.9. The molecule has 0 radical (unpaired) electrons. The number of aromatic nitrogens is 1. The Morgan fingerprint density at radius 3 is 2.93 bits per heavy atom. The zero-order valence-corrected chi connectivity index (χ0v) is 15.9. The molecule has 0 spiro atoms. The molecule has 1 unspecified atom stereocenters. The molecule has 6 nitrogen and oxygen atoms in total. The molecule has 1 N–H and O–H groups in total. The van der Waals surface area contributed by atoms with Crippen LogP contribution < -0.4 is 5.32 Å². The Labute approximate surface area is 164 Å². The summed E-state index contributed by atoms with van der Waals surface area (Å²) in [7, 11) is 0. The average Bonchev–Trinajstić information content (AvgIpc) is 2.73. The van der Waals surface area contributed by atoms with Crippen molar-refractivity contribution in [2.75, 3.05) is 25.0 Å². The highest BCUT2D eigenvalue weighted by molar-refractivity contribution is 5.93. The Kier molecular flexibility index (Phi) is 6.64. The maximum absolute atomic E-state index is 12.6. The Morgan fingerprint density at radius 2 is 2.14 bits per heavy atom. The number of carbonyl (C=O) groups is 2. The second-order valence-electron chi connectivity index (χ2n) is 6.52. The summed E-state index contributed by atoms with van der Waals surface area (Å²) in [5, 5.41) is 2.94. The number of hydrogen-bond acceptors (Lipinski definition) is 4. The third kappa shape index (κ3) is 5.34. The summed E-state index contributed by atoms with van der Waals surface area (Å²) in [6.45, 7) is 3.11. The van der Waals surface area contributed by atoms with Crippen molar-refractivity contribution in [2.45, 2.75) is 19.8 Å². The van der Waals surface area contributed by atoms with Crippen molar-refractivity contribution in [1.82, 2.24) is 9.88 Å². The van der Waals surface area contributed by atoms with Gasteiger partial charge in [0.2, 0.25) is 5.91 Å². The first-order valence-corrected chi connectivity index (χ1v) is 9.41. The molecule has 0 bridgehead atoms. The van der Waals surface area contributed by atoms with Crippen molar-refractivity contribution >= 4 is 17.7 Å². The minimum absolute atomic E-state index is 0.0937. The van der Waals surface area contributed by atoms with Crippen LogP contribution in [0.3, 0.4) is 0 Å². The van der Waals surface area contributed by atoms with Crippen LogP contribution in [-0.2, 0) is 9.53 Å². The first-order chi connectivity index (χ1) is 13.7. The predicted molar refractivity (Wildman–Crippen MR) is 107 cm³/mol. The number of hydrogen-bond donors (Lipinski definition) is 1. The minimum Gasteiger partial charge on any atom is -0.450 e. The predicted octanol–water partition coefficient (Wildman–Crippen LogP) is 3.29. The van der Waals surface area contributed by atoms with E-state index in [2.05, 4.69) is 22.1 Å². The van der Waals surface area contributed by atoms with Crippen molar-refractivity contribution in [3.05, 3.63) is 59.9 Å². The molecular formula is C22H23N3O3. The highest BCUT2D eigenvalue weighted by Crippen LogP contribution is 2.20. The van der Waals surface area contributed by atoms with Gasteiger partial charge in [0.1, 0.15) is 5.69 Å². The summed E-state index contributed by atoms with van der Waals surface area (Å²) < 4.78 is 5.04. The van der Waals surface area contributed by atoms with Gasteiger partial charge in [-0.3, -0.25) is 4.79 Å². The highest BCUT2D eigenvalue weighted by atomic mass is 16.6. The molecule has 3 rings (SSSR count). The second-order valence-corrected chi connectivity index (χ2v) is 6.52. The van der Waals surface area contributed by atoms with E-state index in [0.717, 1.165) is 18.4 Å². The number of pyridine rings is 1. The van der Waals surface area contributed by atoms with E-state index in [1.807, 2.05) is 42.5 Å².